The van der Waals surface area contributed by atoms with Crippen LogP contribution in [0.1, 0.15) is 32.3 Å². The van der Waals surface area contributed by atoms with Crippen molar-refractivity contribution in [1.29, 1.82) is 0 Å². The van der Waals surface area contributed by atoms with Crippen LogP contribution < -0.4 is 5.73 Å². The van der Waals surface area contributed by atoms with Crippen LogP contribution in [0.2, 0.25) is 0 Å². The van der Waals surface area contributed by atoms with Crippen LogP contribution in [-0.4, -0.2) is 10.5 Å². The molecule has 78 valence electrons. The average molecular weight is 196 g/mol. The Labute approximate surface area is 84.3 Å². The number of aryl methyl sites for hydroxylation is 1. The number of hydrogen-bond acceptors (Lipinski definition) is 2. The zero-order valence-corrected chi connectivity index (χ0v) is 8.76. The molecule has 0 spiro atoms. The van der Waals surface area contributed by atoms with Crippen molar-refractivity contribution in [3.63, 3.8) is 0 Å². The molecule has 1 heterocycles. The average Bonchev–Trinajstić information content (AvgIpc) is 2.01. The third kappa shape index (κ3) is 4.33. The molecule has 0 fully saturated rings. The van der Waals surface area contributed by atoms with E-state index in [1.807, 2.05) is 19.9 Å². The van der Waals surface area contributed by atoms with Gasteiger partial charge in [0.25, 0.3) is 0 Å². The highest BCUT2D eigenvalue weighted by atomic mass is 19.1. The summed E-state index contributed by atoms with van der Waals surface area (Å²) in [4.78, 5) is 3.51. The van der Waals surface area contributed by atoms with E-state index in [4.69, 9.17) is 5.73 Å². The Morgan fingerprint density at radius 1 is 1.50 bits per heavy atom. The van der Waals surface area contributed by atoms with Crippen LogP contribution in [0.5, 0.6) is 0 Å². The maximum Gasteiger partial charge on any atom is 0.213 e. The quantitative estimate of drug-likeness (QED) is 0.750. The van der Waals surface area contributed by atoms with Gasteiger partial charge in [-0.1, -0.05) is 0 Å². The molecule has 2 nitrogen and oxygen atoms in total. The predicted molar refractivity (Wildman–Crippen MR) is 55.4 cm³/mol. The van der Waals surface area contributed by atoms with Crippen LogP contribution in [0.4, 0.5) is 4.39 Å². The Morgan fingerprint density at radius 3 is 2.79 bits per heavy atom. The van der Waals surface area contributed by atoms with Crippen LogP contribution in [0.3, 0.4) is 0 Å². The summed E-state index contributed by atoms with van der Waals surface area (Å²) in [6, 6.07) is 3.32. The van der Waals surface area contributed by atoms with Crippen molar-refractivity contribution in [2.75, 3.05) is 0 Å². The Balaban J connectivity index is 2.39. The normalized spacial score (nSPS) is 11.7. The second-order valence-electron chi connectivity index (χ2n) is 4.33. The van der Waals surface area contributed by atoms with E-state index in [0.29, 0.717) is 0 Å². The maximum absolute atomic E-state index is 12.7. The molecule has 0 radical (unpaired) electrons. The zero-order chi connectivity index (χ0) is 10.6. The van der Waals surface area contributed by atoms with Gasteiger partial charge in [-0.05, 0) is 50.8 Å². The largest absolute Gasteiger partial charge is 0.326 e. The molecule has 1 aromatic rings. The number of nitrogens with two attached hydrogens (primary N) is 1. The van der Waals surface area contributed by atoms with Crippen molar-refractivity contribution < 1.29 is 4.39 Å². The molecule has 0 aromatic carbocycles. The molecule has 0 bridgehead atoms. The first-order valence-corrected chi connectivity index (χ1v) is 4.87. The Morgan fingerprint density at radius 2 is 2.21 bits per heavy atom. The van der Waals surface area contributed by atoms with Crippen molar-refractivity contribution in [2.45, 2.75) is 38.6 Å². The first-order valence-electron chi connectivity index (χ1n) is 4.87. The van der Waals surface area contributed by atoms with E-state index in [-0.39, 0.29) is 5.54 Å². The Kier molecular flexibility index (Phi) is 3.58. The highest BCUT2D eigenvalue weighted by Gasteiger charge is 2.09. The van der Waals surface area contributed by atoms with E-state index in [0.717, 1.165) is 24.8 Å². The van der Waals surface area contributed by atoms with Crippen LogP contribution in [0, 0.1) is 5.95 Å². The first kappa shape index (κ1) is 11.1. The number of hydrogen-bond donors (Lipinski definition) is 1. The molecule has 0 saturated heterocycles. The van der Waals surface area contributed by atoms with Gasteiger partial charge in [-0.2, -0.15) is 4.39 Å². The van der Waals surface area contributed by atoms with Gasteiger partial charge in [0.2, 0.25) is 5.95 Å². The summed E-state index contributed by atoms with van der Waals surface area (Å²) in [7, 11) is 0. The lowest BCUT2D eigenvalue weighted by atomic mass is 9.97. The molecule has 0 unspecified atom stereocenters. The Bertz CT molecular complexity index is 292. The van der Waals surface area contributed by atoms with E-state index in [9.17, 15) is 4.39 Å². The van der Waals surface area contributed by atoms with Crippen molar-refractivity contribution in [3.05, 3.63) is 29.8 Å². The molecule has 0 aliphatic heterocycles. The van der Waals surface area contributed by atoms with Gasteiger partial charge in [-0.25, -0.2) is 4.98 Å². The number of halogens is 1. The SMILES string of the molecule is CC(C)(N)CCCc1ccnc(F)c1. The maximum atomic E-state index is 12.7. The third-order valence-electron chi connectivity index (χ3n) is 2.08. The van der Waals surface area contributed by atoms with E-state index in [1.165, 1.54) is 12.3 Å². The minimum Gasteiger partial charge on any atom is -0.326 e. The van der Waals surface area contributed by atoms with Crippen LogP contribution in [0.15, 0.2) is 18.3 Å². The first-order chi connectivity index (χ1) is 6.47. The lowest BCUT2D eigenvalue weighted by molar-refractivity contribution is 0.458. The summed E-state index contributed by atoms with van der Waals surface area (Å²) < 4.78 is 12.7. The van der Waals surface area contributed by atoms with Crippen molar-refractivity contribution in [3.8, 4) is 0 Å². The monoisotopic (exact) mass is 196 g/mol. The summed E-state index contributed by atoms with van der Waals surface area (Å²) in [5.74, 6) is -0.408. The second-order valence-corrected chi connectivity index (χ2v) is 4.33. The van der Waals surface area contributed by atoms with Gasteiger partial charge in [0.15, 0.2) is 0 Å². The molecular weight excluding hydrogens is 179 g/mol. The van der Waals surface area contributed by atoms with Gasteiger partial charge in [0.05, 0.1) is 0 Å². The number of rotatable bonds is 4. The van der Waals surface area contributed by atoms with Gasteiger partial charge in [-0.15, -0.1) is 0 Å². The van der Waals surface area contributed by atoms with E-state index >= 15 is 0 Å². The van der Waals surface area contributed by atoms with Crippen LogP contribution in [0.25, 0.3) is 0 Å². The van der Waals surface area contributed by atoms with Crippen LogP contribution >= 0.6 is 0 Å². The van der Waals surface area contributed by atoms with Gasteiger partial charge >= 0.3 is 0 Å². The highest BCUT2D eigenvalue weighted by Crippen LogP contribution is 2.11. The third-order valence-corrected chi connectivity index (χ3v) is 2.08. The number of aromatic nitrogens is 1. The van der Waals surface area contributed by atoms with Gasteiger partial charge < -0.3 is 5.73 Å². The minimum absolute atomic E-state index is 0.133. The smallest absolute Gasteiger partial charge is 0.213 e. The Hall–Kier alpha value is -0.960. The molecule has 0 saturated carbocycles. The summed E-state index contributed by atoms with van der Waals surface area (Å²) in [6.07, 6.45) is 4.28. The van der Waals surface area contributed by atoms with E-state index in [1.54, 1.807) is 0 Å². The van der Waals surface area contributed by atoms with E-state index in [2.05, 4.69) is 4.98 Å². The van der Waals surface area contributed by atoms with Gasteiger partial charge in [0, 0.05) is 11.7 Å². The topological polar surface area (TPSA) is 38.9 Å². The molecule has 0 aliphatic rings. The second kappa shape index (κ2) is 4.51. The fourth-order valence-corrected chi connectivity index (χ4v) is 1.35. The molecule has 2 N–H and O–H groups in total. The molecule has 0 atom stereocenters. The molecule has 1 aromatic heterocycles. The van der Waals surface area contributed by atoms with Gasteiger partial charge in [0.1, 0.15) is 0 Å². The lowest BCUT2D eigenvalue weighted by Gasteiger charge is -2.17. The molecular formula is C11H17FN2. The minimum atomic E-state index is -0.408. The van der Waals surface area contributed by atoms with E-state index < -0.39 is 5.95 Å². The molecule has 1 rings (SSSR count). The summed E-state index contributed by atoms with van der Waals surface area (Å²) in [5, 5.41) is 0. The highest BCUT2D eigenvalue weighted by molar-refractivity contribution is 5.10. The van der Waals surface area contributed by atoms with Crippen molar-refractivity contribution in [2.24, 2.45) is 5.73 Å². The van der Waals surface area contributed by atoms with Crippen molar-refractivity contribution >= 4 is 0 Å². The molecule has 3 heteroatoms. The molecule has 14 heavy (non-hydrogen) atoms. The summed E-state index contributed by atoms with van der Waals surface area (Å²) in [6.45, 7) is 4.00. The predicted octanol–water partition coefficient (Wildman–Crippen LogP) is 2.28. The lowest BCUT2D eigenvalue weighted by Crippen LogP contribution is -2.31. The fraction of sp³-hybridized carbons (Fsp3) is 0.545. The van der Waals surface area contributed by atoms with Crippen molar-refractivity contribution in [1.82, 2.24) is 4.98 Å². The van der Waals surface area contributed by atoms with Gasteiger partial charge in [-0.3, -0.25) is 0 Å². The molecule has 0 amide bonds. The molecule has 0 aliphatic carbocycles. The number of pyridine rings is 1. The number of nitrogens with zero attached hydrogens (tertiary/aromatic N) is 1. The summed E-state index contributed by atoms with van der Waals surface area (Å²) >= 11 is 0. The van der Waals surface area contributed by atoms with Crippen LogP contribution in [-0.2, 0) is 6.42 Å². The fourth-order valence-electron chi connectivity index (χ4n) is 1.35. The standard InChI is InChI=1S/C11H17FN2/c1-11(2,13)6-3-4-9-5-7-14-10(12)8-9/h5,7-8H,3-4,6,13H2,1-2H3. The zero-order valence-electron chi connectivity index (χ0n) is 8.76. The summed E-state index contributed by atoms with van der Waals surface area (Å²) in [5.41, 5.74) is 6.70.